The SMILES string of the molecule is CC(Sc1nnc(CN2CCCCC2)n1Cc1ccccc1)C(=O)Nc1ccc2c(c1)OCO2. The third kappa shape index (κ3) is 5.37. The molecule has 34 heavy (non-hydrogen) atoms. The highest BCUT2D eigenvalue weighted by molar-refractivity contribution is 8.00. The number of aromatic nitrogens is 3. The molecule has 3 aromatic rings. The highest BCUT2D eigenvalue weighted by atomic mass is 32.2. The van der Waals surface area contributed by atoms with Gasteiger partial charge in [-0.1, -0.05) is 48.5 Å². The van der Waals surface area contributed by atoms with Crippen molar-refractivity contribution >= 4 is 23.4 Å². The minimum atomic E-state index is -0.355. The highest BCUT2D eigenvalue weighted by Crippen LogP contribution is 2.34. The predicted molar refractivity (Wildman–Crippen MR) is 131 cm³/mol. The van der Waals surface area contributed by atoms with E-state index in [2.05, 4.69) is 37.1 Å². The summed E-state index contributed by atoms with van der Waals surface area (Å²) in [6.45, 7) is 5.73. The Morgan fingerprint density at radius 2 is 1.82 bits per heavy atom. The van der Waals surface area contributed by atoms with Gasteiger partial charge in [0.05, 0.1) is 18.3 Å². The lowest BCUT2D eigenvalue weighted by molar-refractivity contribution is -0.115. The number of piperidine rings is 1. The molecule has 0 aliphatic carbocycles. The van der Waals surface area contributed by atoms with Gasteiger partial charge >= 0.3 is 0 Å². The molecule has 1 amide bonds. The second kappa shape index (κ2) is 10.5. The normalized spacial score (nSPS) is 16.4. The van der Waals surface area contributed by atoms with E-state index in [9.17, 15) is 4.79 Å². The Kier molecular flexibility index (Phi) is 7.01. The Hall–Kier alpha value is -3.04. The van der Waals surface area contributed by atoms with Gasteiger partial charge in [-0.15, -0.1) is 10.2 Å². The summed E-state index contributed by atoms with van der Waals surface area (Å²) in [6.07, 6.45) is 3.75. The van der Waals surface area contributed by atoms with Crippen LogP contribution in [0.15, 0.2) is 53.7 Å². The third-order valence-electron chi connectivity index (χ3n) is 6.08. The zero-order valence-corrected chi connectivity index (χ0v) is 20.1. The number of nitrogens with zero attached hydrogens (tertiary/aromatic N) is 4. The molecular formula is C25H29N5O3S. The van der Waals surface area contributed by atoms with Crippen LogP contribution in [0.2, 0.25) is 0 Å². The molecule has 1 N–H and O–H groups in total. The first-order valence-corrected chi connectivity index (χ1v) is 12.6. The minimum absolute atomic E-state index is 0.101. The maximum Gasteiger partial charge on any atom is 0.237 e. The molecule has 178 valence electrons. The molecule has 0 saturated carbocycles. The standard InChI is InChI=1S/C25H29N5O3S/c1-18(24(31)26-20-10-11-21-22(14-20)33-17-32-21)34-25-28-27-23(16-29-12-6-3-7-13-29)30(25)15-19-8-4-2-5-9-19/h2,4-5,8-11,14,18H,3,6-7,12-13,15-17H2,1H3,(H,26,31). The molecule has 0 spiro atoms. The van der Waals surface area contributed by atoms with Gasteiger partial charge in [-0.25, -0.2) is 0 Å². The maximum absolute atomic E-state index is 12.9. The number of ether oxygens (including phenoxy) is 2. The fourth-order valence-corrected chi connectivity index (χ4v) is 5.06. The monoisotopic (exact) mass is 479 g/mol. The zero-order chi connectivity index (χ0) is 23.3. The molecule has 1 atom stereocenters. The minimum Gasteiger partial charge on any atom is -0.454 e. The largest absolute Gasteiger partial charge is 0.454 e. The number of anilines is 1. The van der Waals surface area contributed by atoms with Crippen LogP contribution in [0.1, 0.15) is 37.6 Å². The number of thioether (sulfide) groups is 1. The molecule has 0 bridgehead atoms. The van der Waals surface area contributed by atoms with E-state index in [1.165, 1.54) is 36.6 Å². The fourth-order valence-electron chi connectivity index (χ4n) is 4.20. The smallest absolute Gasteiger partial charge is 0.237 e. The number of carbonyl (C=O) groups is 1. The van der Waals surface area contributed by atoms with Crippen LogP contribution in [0.25, 0.3) is 0 Å². The molecule has 8 nitrogen and oxygen atoms in total. The topological polar surface area (TPSA) is 81.5 Å². The summed E-state index contributed by atoms with van der Waals surface area (Å²) in [5.41, 5.74) is 1.86. The molecule has 2 aromatic carbocycles. The Morgan fingerprint density at radius 3 is 2.65 bits per heavy atom. The summed E-state index contributed by atoms with van der Waals surface area (Å²) in [4.78, 5) is 15.4. The third-order valence-corrected chi connectivity index (χ3v) is 7.16. The first-order chi connectivity index (χ1) is 16.7. The summed E-state index contributed by atoms with van der Waals surface area (Å²) in [6, 6.07) is 15.7. The van der Waals surface area contributed by atoms with Gasteiger partial charge in [0.1, 0.15) is 5.82 Å². The van der Waals surface area contributed by atoms with Crippen LogP contribution >= 0.6 is 11.8 Å². The average Bonchev–Trinajstić information content (AvgIpc) is 3.47. The van der Waals surface area contributed by atoms with Crippen molar-refractivity contribution in [2.75, 3.05) is 25.2 Å². The maximum atomic E-state index is 12.9. The number of carbonyl (C=O) groups excluding carboxylic acids is 1. The van der Waals surface area contributed by atoms with Crippen molar-refractivity contribution in [3.05, 3.63) is 59.9 Å². The van der Waals surface area contributed by atoms with E-state index in [1.807, 2.05) is 31.2 Å². The predicted octanol–water partition coefficient (Wildman–Crippen LogP) is 4.16. The van der Waals surface area contributed by atoms with Crippen molar-refractivity contribution < 1.29 is 14.3 Å². The van der Waals surface area contributed by atoms with E-state index in [0.29, 0.717) is 23.7 Å². The Bertz CT molecular complexity index is 1130. The molecule has 2 aliphatic heterocycles. The highest BCUT2D eigenvalue weighted by Gasteiger charge is 2.23. The number of likely N-dealkylation sites (tertiary alicyclic amines) is 1. The van der Waals surface area contributed by atoms with E-state index in [0.717, 1.165) is 30.6 Å². The number of fused-ring (bicyclic) bond motifs is 1. The number of benzene rings is 2. The van der Waals surface area contributed by atoms with Gasteiger partial charge in [0, 0.05) is 11.8 Å². The van der Waals surface area contributed by atoms with Crippen molar-refractivity contribution in [3.8, 4) is 11.5 Å². The van der Waals surface area contributed by atoms with Gasteiger partial charge in [-0.05, 0) is 50.6 Å². The summed E-state index contributed by atoms with van der Waals surface area (Å²) >= 11 is 1.43. The molecule has 9 heteroatoms. The molecule has 1 fully saturated rings. The summed E-state index contributed by atoms with van der Waals surface area (Å²) in [5, 5.41) is 12.4. The Labute approximate surface area is 203 Å². The van der Waals surface area contributed by atoms with E-state index < -0.39 is 0 Å². The van der Waals surface area contributed by atoms with Crippen molar-refractivity contribution in [3.63, 3.8) is 0 Å². The van der Waals surface area contributed by atoms with Crippen LogP contribution in [0.3, 0.4) is 0 Å². The molecule has 1 unspecified atom stereocenters. The summed E-state index contributed by atoms with van der Waals surface area (Å²) in [5.74, 6) is 2.17. The van der Waals surface area contributed by atoms with E-state index >= 15 is 0 Å². The van der Waals surface area contributed by atoms with Crippen LogP contribution in [0, 0.1) is 0 Å². The number of hydrogen-bond donors (Lipinski definition) is 1. The molecule has 5 rings (SSSR count). The number of nitrogens with one attached hydrogen (secondary N) is 1. The second-order valence-corrected chi connectivity index (χ2v) is 9.93. The molecule has 1 saturated heterocycles. The van der Waals surface area contributed by atoms with Gasteiger partial charge in [-0.2, -0.15) is 0 Å². The van der Waals surface area contributed by atoms with Gasteiger partial charge in [-0.3, -0.25) is 9.69 Å². The second-order valence-electron chi connectivity index (χ2n) is 8.62. The molecule has 2 aliphatic rings. The Balaban J connectivity index is 1.30. The van der Waals surface area contributed by atoms with Crippen LogP contribution in [0.5, 0.6) is 11.5 Å². The van der Waals surface area contributed by atoms with E-state index in [-0.39, 0.29) is 18.0 Å². The van der Waals surface area contributed by atoms with Gasteiger partial charge in [0.25, 0.3) is 0 Å². The number of hydrogen-bond acceptors (Lipinski definition) is 7. The van der Waals surface area contributed by atoms with Crippen LogP contribution in [0.4, 0.5) is 5.69 Å². The van der Waals surface area contributed by atoms with Crippen molar-refractivity contribution in [2.45, 2.75) is 49.7 Å². The summed E-state index contributed by atoms with van der Waals surface area (Å²) in [7, 11) is 0. The van der Waals surface area contributed by atoms with Crippen molar-refractivity contribution in [2.24, 2.45) is 0 Å². The van der Waals surface area contributed by atoms with Gasteiger partial charge in [0.15, 0.2) is 16.7 Å². The van der Waals surface area contributed by atoms with Crippen molar-refractivity contribution in [1.82, 2.24) is 19.7 Å². The van der Waals surface area contributed by atoms with E-state index in [1.54, 1.807) is 12.1 Å². The molecule has 3 heterocycles. The van der Waals surface area contributed by atoms with Gasteiger partial charge in [0.2, 0.25) is 12.7 Å². The lowest BCUT2D eigenvalue weighted by Crippen LogP contribution is -2.30. The summed E-state index contributed by atoms with van der Waals surface area (Å²) < 4.78 is 12.9. The van der Waals surface area contributed by atoms with Crippen LogP contribution in [-0.4, -0.2) is 50.7 Å². The van der Waals surface area contributed by atoms with Crippen LogP contribution in [-0.2, 0) is 17.9 Å². The Morgan fingerprint density at radius 1 is 1.03 bits per heavy atom. The van der Waals surface area contributed by atoms with Gasteiger partial charge < -0.3 is 19.4 Å². The van der Waals surface area contributed by atoms with E-state index in [4.69, 9.17) is 9.47 Å². The average molecular weight is 480 g/mol. The first kappa shape index (κ1) is 22.7. The molecular weight excluding hydrogens is 450 g/mol. The molecule has 0 radical (unpaired) electrons. The molecule has 1 aromatic heterocycles. The number of rotatable bonds is 8. The first-order valence-electron chi connectivity index (χ1n) is 11.7. The number of amides is 1. The quantitative estimate of drug-likeness (QED) is 0.486. The lowest BCUT2D eigenvalue weighted by Gasteiger charge is -2.26. The lowest BCUT2D eigenvalue weighted by atomic mass is 10.1. The van der Waals surface area contributed by atoms with Crippen molar-refractivity contribution in [1.29, 1.82) is 0 Å². The van der Waals surface area contributed by atoms with Crippen LogP contribution < -0.4 is 14.8 Å². The fraction of sp³-hybridized carbons (Fsp3) is 0.400. The zero-order valence-electron chi connectivity index (χ0n) is 19.3.